The van der Waals surface area contributed by atoms with Crippen LogP contribution in [0.15, 0.2) is 0 Å². The Kier molecular flexibility index (Phi) is 3.26. The van der Waals surface area contributed by atoms with E-state index in [-0.39, 0.29) is 17.9 Å². The van der Waals surface area contributed by atoms with Gasteiger partial charge in [0.2, 0.25) is 5.91 Å². The van der Waals surface area contributed by atoms with E-state index >= 15 is 0 Å². The number of carbonyl (C=O) groups excluding carboxylic acids is 1. The maximum atomic E-state index is 12.2. The number of hydrogen-bond donors (Lipinski definition) is 1. The summed E-state index contributed by atoms with van der Waals surface area (Å²) in [5.74, 6) is 0.375. The number of likely N-dealkylation sites (N-methyl/N-ethyl adjacent to an activating group) is 1. The van der Waals surface area contributed by atoms with Gasteiger partial charge in [-0.2, -0.15) is 0 Å². The molecule has 1 N–H and O–H groups in total. The number of amides is 1. The summed E-state index contributed by atoms with van der Waals surface area (Å²) in [6, 6.07) is 0.412. The topological polar surface area (TPSA) is 41.6 Å². The lowest BCUT2D eigenvalue weighted by Crippen LogP contribution is -2.60. The number of carbonyl (C=O) groups is 1. The quantitative estimate of drug-likeness (QED) is 0.728. The number of hydrogen-bond acceptors (Lipinski definition) is 3. The molecule has 2 aliphatic rings. The van der Waals surface area contributed by atoms with Crippen LogP contribution in [0.3, 0.4) is 0 Å². The number of nitrogens with one attached hydrogen (secondary N) is 1. The second-order valence-electron chi connectivity index (χ2n) is 4.41. The highest BCUT2D eigenvalue weighted by Crippen LogP contribution is 2.24. The van der Waals surface area contributed by atoms with Gasteiger partial charge in [0.1, 0.15) is 0 Å². The van der Waals surface area contributed by atoms with Gasteiger partial charge in [0.25, 0.3) is 0 Å². The minimum Gasteiger partial charge on any atom is -0.378 e. The fourth-order valence-corrected chi connectivity index (χ4v) is 2.36. The lowest BCUT2D eigenvalue weighted by Gasteiger charge is -2.39. The van der Waals surface area contributed by atoms with Crippen LogP contribution >= 0.6 is 0 Å². The largest absolute Gasteiger partial charge is 0.378 e. The number of ether oxygens (including phenoxy) is 1. The van der Waals surface area contributed by atoms with Crippen LogP contribution < -0.4 is 5.32 Å². The van der Waals surface area contributed by atoms with Crippen molar-refractivity contribution in [1.29, 1.82) is 0 Å². The monoisotopic (exact) mass is 212 g/mol. The molecule has 2 fully saturated rings. The van der Waals surface area contributed by atoms with E-state index < -0.39 is 0 Å². The molecule has 2 rings (SSSR count). The summed E-state index contributed by atoms with van der Waals surface area (Å²) in [6.45, 7) is 7.49. The van der Waals surface area contributed by atoms with Gasteiger partial charge >= 0.3 is 0 Å². The molecule has 4 nitrogen and oxygen atoms in total. The SMILES string of the molecule is CCN(C(=O)C1CCOC1C)C1CNC1. The van der Waals surface area contributed by atoms with Crippen molar-refractivity contribution in [3.8, 4) is 0 Å². The van der Waals surface area contributed by atoms with Gasteiger partial charge in [-0.05, 0) is 20.3 Å². The molecule has 2 heterocycles. The van der Waals surface area contributed by atoms with Gasteiger partial charge < -0.3 is 15.0 Å². The Hall–Kier alpha value is -0.610. The molecular weight excluding hydrogens is 192 g/mol. The zero-order valence-corrected chi connectivity index (χ0v) is 9.53. The summed E-state index contributed by atoms with van der Waals surface area (Å²) in [6.07, 6.45) is 0.982. The molecule has 15 heavy (non-hydrogen) atoms. The average molecular weight is 212 g/mol. The summed E-state index contributed by atoms with van der Waals surface area (Å²) in [5, 5.41) is 3.21. The van der Waals surface area contributed by atoms with Crippen molar-refractivity contribution in [1.82, 2.24) is 10.2 Å². The maximum Gasteiger partial charge on any atom is 0.228 e. The van der Waals surface area contributed by atoms with Gasteiger partial charge in [-0.15, -0.1) is 0 Å². The molecule has 2 saturated heterocycles. The molecule has 0 aromatic carbocycles. The predicted molar refractivity (Wildman–Crippen MR) is 57.6 cm³/mol. The Bertz CT molecular complexity index is 241. The van der Waals surface area contributed by atoms with Gasteiger partial charge in [-0.1, -0.05) is 0 Å². The van der Waals surface area contributed by atoms with E-state index in [1.54, 1.807) is 0 Å². The first-order chi connectivity index (χ1) is 7.24. The van der Waals surface area contributed by atoms with Gasteiger partial charge in [0, 0.05) is 26.2 Å². The van der Waals surface area contributed by atoms with Crippen molar-refractivity contribution in [2.45, 2.75) is 32.4 Å². The molecule has 0 aromatic heterocycles. The van der Waals surface area contributed by atoms with Crippen LogP contribution in [0.4, 0.5) is 0 Å². The normalized spacial score (nSPS) is 31.3. The highest BCUT2D eigenvalue weighted by atomic mass is 16.5. The molecule has 2 aliphatic heterocycles. The first-order valence-electron chi connectivity index (χ1n) is 5.86. The maximum absolute atomic E-state index is 12.2. The Labute approximate surface area is 91.0 Å². The Morgan fingerprint density at radius 1 is 1.53 bits per heavy atom. The molecule has 2 atom stereocenters. The molecular formula is C11H20N2O2. The summed E-state index contributed by atoms with van der Waals surface area (Å²) in [7, 11) is 0. The lowest BCUT2D eigenvalue weighted by atomic mass is 9.99. The van der Waals surface area contributed by atoms with Crippen molar-refractivity contribution >= 4 is 5.91 Å². The minimum absolute atomic E-state index is 0.0885. The molecule has 0 aromatic rings. The molecule has 0 radical (unpaired) electrons. The van der Waals surface area contributed by atoms with Crippen molar-refractivity contribution in [2.75, 3.05) is 26.2 Å². The van der Waals surface area contributed by atoms with Gasteiger partial charge in [0.05, 0.1) is 18.1 Å². The fourth-order valence-electron chi connectivity index (χ4n) is 2.36. The number of rotatable bonds is 3. The summed E-state index contributed by atoms with van der Waals surface area (Å²) < 4.78 is 5.45. The average Bonchev–Trinajstić information content (AvgIpc) is 2.56. The highest BCUT2D eigenvalue weighted by Gasteiger charge is 2.37. The van der Waals surface area contributed by atoms with E-state index in [9.17, 15) is 4.79 Å². The van der Waals surface area contributed by atoms with Crippen molar-refractivity contribution in [3.05, 3.63) is 0 Å². The van der Waals surface area contributed by atoms with Crippen molar-refractivity contribution in [2.24, 2.45) is 5.92 Å². The molecule has 0 saturated carbocycles. The van der Waals surface area contributed by atoms with Crippen LogP contribution in [-0.4, -0.2) is 49.2 Å². The summed E-state index contributed by atoms with van der Waals surface area (Å²) in [4.78, 5) is 14.2. The summed E-state index contributed by atoms with van der Waals surface area (Å²) in [5.41, 5.74) is 0. The third kappa shape index (κ3) is 2.01. The van der Waals surface area contributed by atoms with E-state index in [1.807, 2.05) is 11.8 Å². The van der Waals surface area contributed by atoms with Gasteiger partial charge in [-0.3, -0.25) is 4.79 Å². The van der Waals surface area contributed by atoms with E-state index in [4.69, 9.17) is 4.74 Å². The molecule has 0 aliphatic carbocycles. The van der Waals surface area contributed by atoms with Crippen LogP contribution in [0.1, 0.15) is 20.3 Å². The molecule has 1 amide bonds. The third-order valence-electron chi connectivity index (χ3n) is 3.52. The zero-order valence-electron chi connectivity index (χ0n) is 9.53. The van der Waals surface area contributed by atoms with Crippen molar-refractivity contribution in [3.63, 3.8) is 0 Å². The standard InChI is InChI=1S/C11H20N2O2/c1-3-13(9-6-12-7-9)11(14)10-4-5-15-8(10)2/h8-10,12H,3-7H2,1-2H3. The lowest BCUT2D eigenvalue weighted by molar-refractivity contribution is -0.140. The molecule has 2 unspecified atom stereocenters. The predicted octanol–water partition coefficient (Wildman–Crippen LogP) is 0.232. The van der Waals surface area contributed by atoms with Gasteiger partial charge in [-0.25, -0.2) is 0 Å². The van der Waals surface area contributed by atoms with E-state index in [2.05, 4.69) is 12.2 Å². The fraction of sp³-hybridized carbons (Fsp3) is 0.909. The Morgan fingerprint density at radius 3 is 2.67 bits per heavy atom. The third-order valence-corrected chi connectivity index (χ3v) is 3.52. The van der Waals surface area contributed by atoms with Crippen molar-refractivity contribution < 1.29 is 9.53 Å². The van der Waals surface area contributed by atoms with Crippen LogP contribution in [0.5, 0.6) is 0 Å². The van der Waals surface area contributed by atoms with Gasteiger partial charge in [0.15, 0.2) is 0 Å². The van der Waals surface area contributed by atoms with Crippen LogP contribution in [-0.2, 0) is 9.53 Å². The second-order valence-corrected chi connectivity index (χ2v) is 4.41. The molecule has 0 bridgehead atoms. The Morgan fingerprint density at radius 2 is 2.27 bits per heavy atom. The minimum atomic E-state index is 0.0885. The molecule has 86 valence electrons. The van der Waals surface area contributed by atoms with E-state index in [0.717, 1.165) is 32.7 Å². The molecule has 4 heteroatoms. The zero-order chi connectivity index (χ0) is 10.8. The smallest absolute Gasteiger partial charge is 0.228 e. The van der Waals surface area contributed by atoms with E-state index in [1.165, 1.54) is 0 Å². The van der Waals surface area contributed by atoms with Crippen LogP contribution in [0.25, 0.3) is 0 Å². The first kappa shape index (κ1) is 10.9. The number of nitrogens with zero attached hydrogens (tertiary/aromatic N) is 1. The first-order valence-corrected chi connectivity index (χ1v) is 5.86. The van der Waals surface area contributed by atoms with Crippen LogP contribution in [0.2, 0.25) is 0 Å². The Balaban J connectivity index is 1.97. The second kappa shape index (κ2) is 4.49. The van der Waals surface area contributed by atoms with Crippen LogP contribution in [0, 0.1) is 5.92 Å². The van der Waals surface area contributed by atoms with E-state index in [0.29, 0.717) is 6.04 Å². The highest BCUT2D eigenvalue weighted by molar-refractivity contribution is 5.80. The molecule has 0 spiro atoms. The summed E-state index contributed by atoms with van der Waals surface area (Å²) >= 11 is 0.